The lowest BCUT2D eigenvalue weighted by Gasteiger charge is -2.17. The maximum Gasteiger partial charge on any atom is 0.417 e. The Morgan fingerprint density at radius 2 is 1.86 bits per heavy atom. The van der Waals surface area contributed by atoms with Crippen molar-refractivity contribution in [3.8, 4) is 0 Å². The number of hydrogen-bond acceptors (Lipinski definition) is 3. The maximum absolute atomic E-state index is 13.8. The number of carbonyl (C=O) groups excluding carboxylic acids is 2. The first-order chi connectivity index (χ1) is 9.65. The lowest BCUT2D eigenvalue weighted by atomic mass is 9.95. The smallest absolute Gasteiger partial charge is 0.417 e. The average molecular weight is 307 g/mol. The number of nitrogens with one attached hydrogen (secondary N) is 1. The molecule has 0 bridgehead atoms. The number of hydrogen-bond donors (Lipinski definition) is 1. The zero-order valence-electron chi connectivity index (χ0n) is 11.5. The third kappa shape index (κ3) is 3.32. The van der Waals surface area contributed by atoms with Crippen LogP contribution in [0.2, 0.25) is 0 Å². The molecule has 1 aromatic rings. The Kier molecular flexibility index (Phi) is 4.93. The van der Waals surface area contributed by atoms with E-state index >= 15 is 0 Å². The molecule has 1 N–H and O–H groups in total. The second kappa shape index (κ2) is 6.11. The molecule has 0 spiro atoms. The fourth-order valence-electron chi connectivity index (χ4n) is 1.89. The van der Waals surface area contributed by atoms with E-state index in [-0.39, 0.29) is 12.6 Å². The van der Waals surface area contributed by atoms with Crippen LogP contribution in [0.1, 0.15) is 38.8 Å². The van der Waals surface area contributed by atoms with Crippen LogP contribution in [0.15, 0.2) is 6.07 Å². The monoisotopic (exact) mass is 307 g/mol. The number of ether oxygens (including phenoxy) is 1. The number of rotatable bonds is 3. The Morgan fingerprint density at radius 3 is 2.29 bits per heavy atom. The minimum absolute atomic E-state index is 0.0838. The van der Waals surface area contributed by atoms with Crippen LogP contribution in [0.4, 0.5) is 17.6 Å². The summed E-state index contributed by atoms with van der Waals surface area (Å²) in [5, 5.41) is 2.21. The summed E-state index contributed by atoms with van der Waals surface area (Å²) in [7, 11) is 0.963. The van der Waals surface area contributed by atoms with Crippen LogP contribution in [0.5, 0.6) is 0 Å². The van der Waals surface area contributed by atoms with Gasteiger partial charge in [0.15, 0.2) is 0 Å². The maximum atomic E-state index is 13.8. The van der Waals surface area contributed by atoms with Gasteiger partial charge in [-0.05, 0) is 25.5 Å². The fraction of sp³-hybridized carbons (Fsp3) is 0.385. The van der Waals surface area contributed by atoms with Gasteiger partial charge in [-0.1, -0.05) is 0 Å². The molecule has 0 aromatic heterocycles. The van der Waals surface area contributed by atoms with Crippen LogP contribution in [-0.2, 0) is 10.9 Å². The number of methoxy groups -OCH3 is 1. The van der Waals surface area contributed by atoms with Gasteiger partial charge in [0.2, 0.25) is 0 Å². The first-order valence-electron chi connectivity index (χ1n) is 5.91. The summed E-state index contributed by atoms with van der Waals surface area (Å²) in [6.07, 6.45) is -4.93. The molecule has 1 amide bonds. The molecule has 0 unspecified atom stereocenters. The number of carbonyl (C=O) groups is 2. The van der Waals surface area contributed by atoms with E-state index < -0.39 is 46.1 Å². The quantitative estimate of drug-likeness (QED) is 0.690. The van der Waals surface area contributed by atoms with E-state index in [4.69, 9.17) is 0 Å². The highest BCUT2D eigenvalue weighted by molar-refractivity contribution is 6.01. The summed E-state index contributed by atoms with van der Waals surface area (Å²) in [6.45, 7) is 2.67. The minimum Gasteiger partial charge on any atom is -0.465 e. The third-order valence-electron chi connectivity index (χ3n) is 2.79. The van der Waals surface area contributed by atoms with Gasteiger partial charge in [-0.15, -0.1) is 0 Å². The van der Waals surface area contributed by atoms with E-state index in [9.17, 15) is 27.2 Å². The van der Waals surface area contributed by atoms with Crippen molar-refractivity contribution in [1.82, 2.24) is 5.32 Å². The third-order valence-corrected chi connectivity index (χ3v) is 2.79. The van der Waals surface area contributed by atoms with Crippen molar-refractivity contribution in [1.29, 1.82) is 0 Å². The molecule has 0 saturated carbocycles. The average Bonchev–Trinajstić information content (AvgIpc) is 2.36. The van der Waals surface area contributed by atoms with E-state index in [1.807, 2.05) is 0 Å². The van der Waals surface area contributed by atoms with Gasteiger partial charge in [-0.2, -0.15) is 13.2 Å². The fourth-order valence-corrected chi connectivity index (χ4v) is 1.89. The SMILES string of the molecule is CCNC(=O)c1c(C(F)(F)F)cc(F)c(C(=O)OC)c1C. The topological polar surface area (TPSA) is 55.4 Å². The van der Waals surface area contributed by atoms with Crippen molar-refractivity contribution in [2.45, 2.75) is 20.0 Å². The van der Waals surface area contributed by atoms with Gasteiger partial charge in [0.1, 0.15) is 5.82 Å². The van der Waals surface area contributed by atoms with Gasteiger partial charge in [0.05, 0.1) is 23.8 Å². The van der Waals surface area contributed by atoms with E-state index in [0.717, 1.165) is 14.0 Å². The van der Waals surface area contributed by atoms with E-state index in [2.05, 4.69) is 10.1 Å². The highest BCUT2D eigenvalue weighted by atomic mass is 19.4. The van der Waals surface area contributed by atoms with E-state index in [1.165, 1.54) is 6.92 Å². The molecule has 0 radical (unpaired) electrons. The molecule has 116 valence electrons. The molecule has 4 nitrogen and oxygen atoms in total. The lowest BCUT2D eigenvalue weighted by Crippen LogP contribution is -2.28. The summed E-state index contributed by atoms with van der Waals surface area (Å²) in [6, 6.07) is 0.129. The van der Waals surface area contributed by atoms with Crippen molar-refractivity contribution in [2.75, 3.05) is 13.7 Å². The molecule has 0 aliphatic heterocycles. The van der Waals surface area contributed by atoms with Gasteiger partial charge in [0, 0.05) is 6.54 Å². The number of esters is 1. The molecule has 0 heterocycles. The Balaban J connectivity index is 3.70. The highest BCUT2D eigenvalue weighted by Gasteiger charge is 2.38. The summed E-state index contributed by atoms with van der Waals surface area (Å²) in [4.78, 5) is 23.3. The molecule has 21 heavy (non-hydrogen) atoms. The number of benzene rings is 1. The zero-order chi connectivity index (χ0) is 16.4. The van der Waals surface area contributed by atoms with Gasteiger partial charge in [-0.3, -0.25) is 4.79 Å². The van der Waals surface area contributed by atoms with Gasteiger partial charge < -0.3 is 10.1 Å². The van der Waals surface area contributed by atoms with E-state index in [1.54, 1.807) is 0 Å². The molecule has 0 aliphatic carbocycles. The van der Waals surface area contributed by atoms with Crippen molar-refractivity contribution in [2.24, 2.45) is 0 Å². The highest BCUT2D eigenvalue weighted by Crippen LogP contribution is 2.35. The van der Waals surface area contributed by atoms with Gasteiger partial charge >= 0.3 is 12.1 Å². The van der Waals surface area contributed by atoms with Crippen molar-refractivity contribution in [3.63, 3.8) is 0 Å². The summed E-state index contributed by atoms with van der Waals surface area (Å²) < 4.78 is 57.0. The number of alkyl halides is 3. The first kappa shape index (κ1) is 16.9. The predicted octanol–water partition coefficient (Wildman–Crippen LogP) is 2.69. The first-order valence-corrected chi connectivity index (χ1v) is 5.91. The van der Waals surface area contributed by atoms with Gasteiger partial charge in [-0.25, -0.2) is 9.18 Å². The number of amides is 1. The van der Waals surface area contributed by atoms with Crippen LogP contribution in [-0.4, -0.2) is 25.5 Å². The minimum atomic E-state index is -4.93. The Morgan fingerprint density at radius 1 is 1.29 bits per heavy atom. The van der Waals surface area contributed by atoms with E-state index in [0.29, 0.717) is 0 Å². The molecule has 0 aliphatic rings. The normalized spacial score (nSPS) is 11.2. The van der Waals surface area contributed by atoms with Crippen molar-refractivity contribution < 1.29 is 31.9 Å². The van der Waals surface area contributed by atoms with Crippen LogP contribution in [0.25, 0.3) is 0 Å². The molecular weight excluding hydrogens is 294 g/mol. The second-order valence-electron chi connectivity index (χ2n) is 4.13. The number of halogens is 4. The van der Waals surface area contributed by atoms with Crippen molar-refractivity contribution >= 4 is 11.9 Å². The molecular formula is C13H13F4NO3. The van der Waals surface area contributed by atoms with Gasteiger partial charge in [0.25, 0.3) is 5.91 Å². The molecule has 0 fully saturated rings. The van der Waals surface area contributed by atoms with Crippen LogP contribution in [0, 0.1) is 12.7 Å². The molecule has 0 saturated heterocycles. The summed E-state index contributed by atoms with van der Waals surface area (Å²) >= 11 is 0. The standard InChI is InChI=1S/C13H13F4NO3/c1-4-18-11(19)9-6(2)10(12(20)21-3)8(14)5-7(9)13(15,16)17/h5H,4H2,1-3H3,(H,18,19). The van der Waals surface area contributed by atoms with Crippen molar-refractivity contribution in [3.05, 3.63) is 34.1 Å². The molecule has 8 heteroatoms. The molecule has 0 atom stereocenters. The summed E-state index contributed by atoms with van der Waals surface area (Å²) in [5.41, 5.74) is -3.32. The second-order valence-corrected chi connectivity index (χ2v) is 4.13. The zero-order valence-corrected chi connectivity index (χ0v) is 11.5. The Hall–Kier alpha value is -2.12. The largest absolute Gasteiger partial charge is 0.465 e. The van der Waals surface area contributed by atoms with Crippen LogP contribution < -0.4 is 5.32 Å². The Labute approximate surface area is 118 Å². The Bertz CT molecular complexity index is 582. The predicted molar refractivity (Wildman–Crippen MR) is 65.5 cm³/mol. The van der Waals surface area contributed by atoms with Crippen LogP contribution >= 0.6 is 0 Å². The summed E-state index contributed by atoms with van der Waals surface area (Å²) in [5.74, 6) is -3.57. The van der Waals surface area contributed by atoms with Crippen LogP contribution in [0.3, 0.4) is 0 Å². The molecule has 1 aromatic carbocycles. The molecule has 1 rings (SSSR count). The lowest BCUT2D eigenvalue weighted by molar-refractivity contribution is -0.138.